The predicted octanol–water partition coefficient (Wildman–Crippen LogP) is -1.08. The van der Waals surface area contributed by atoms with E-state index in [0.29, 0.717) is 0 Å². The lowest BCUT2D eigenvalue weighted by molar-refractivity contribution is -0.389. The van der Waals surface area contributed by atoms with Gasteiger partial charge in [-0.3, -0.25) is 10.2 Å². The first-order valence-corrected chi connectivity index (χ1v) is 2.86. The number of hydrogen-bond acceptors (Lipinski definition) is 5. The summed E-state index contributed by atoms with van der Waals surface area (Å²) < 4.78 is 0. The van der Waals surface area contributed by atoms with E-state index in [-0.39, 0.29) is 11.5 Å². The van der Waals surface area contributed by atoms with Crippen molar-refractivity contribution in [2.24, 2.45) is 5.84 Å². The van der Waals surface area contributed by atoms with Crippen molar-refractivity contribution in [3.05, 3.63) is 21.9 Å². The van der Waals surface area contributed by atoms with Crippen LogP contribution in [0.3, 0.4) is 0 Å². The highest BCUT2D eigenvalue weighted by Gasteiger charge is 2.14. The third kappa shape index (κ3) is 1.37. The maximum atomic E-state index is 10.7. The second-order valence-corrected chi connectivity index (χ2v) is 1.87. The van der Waals surface area contributed by atoms with Gasteiger partial charge in [0.15, 0.2) is 5.69 Å². The Hall–Kier alpha value is -1.96. The highest BCUT2D eigenvalue weighted by molar-refractivity contribution is 5.92. The minimum absolute atomic E-state index is 0.121. The highest BCUT2D eigenvalue weighted by atomic mass is 16.6. The average Bonchev–Trinajstić information content (AvgIpc) is 2.51. The second-order valence-electron chi connectivity index (χ2n) is 1.87. The van der Waals surface area contributed by atoms with E-state index >= 15 is 0 Å². The number of amides is 1. The van der Waals surface area contributed by atoms with E-state index in [9.17, 15) is 14.9 Å². The fourth-order valence-corrected chi connectivity index (χ4v) is 0.595. The molecule has 0 aromatic carbocycles. The van der Waals surface area contributed by atoms with Crippen molar-refractivity contribution in [2.45, 2.75) is 0 Å². The summed E-state index contributed by atoms with van der Waals surface area (Å²) in [5.41, 5.74) is 1.67. The molecule has 0 saturated carbocycles. The van der Waals surface area contributed by atoms with Crippen molar-refractivity contribution in [1.29, 1.82) is 0 Å². The number of nitro groups is 1. The zero-order chi connectivity index (χ0) is 9.14. The van der Waals surface area contributed by atoms with Crippen LogP contribution < -0.4 is 11.3 Å². The van der Waals surface area contributed by atoms with Gasteiger partial charge in [-0.25, -0.2) is 5.84 Å². The van der Waals surface area contributed by atoms with Gasteiger partial charge in [-0.2, -0.15) is 0 Å². The van der Waals surface area contributed by atoms with Crippen molar-refractivity contribution in [3.8, 4) is 0 Å². The molecule has 64 valence electrons. The Morgan fingerprint density at radius 1 is 1.83 bits per heavy atom. The Labute approximate surface area is 65.9 Å². The number of carbonyl (C=O) groups excluding carboxylic acids is 1. The van der Waals surface area contributed by atoms with Crippen LogP contribution in [-0.4, -0.2) is 21.0 Å². The van der Waals surface area contributed by atoms with Gasteiger partial charge in [0.05, 0.1) is 6.07 Å². The Morgan fingerprint density at radius 3 is 2.92 bits per heavy atom. The lowest BCUT2D eigenvalue weighted by Crippen LogP contribution is -2.30. The number of rotatable bonds is 2. The third-order valence-electron chi connectivity index (χ3n) is 1.12. The van der Waals surface area contributed by atoms with Gasteiger partial charge < -0.3 is 10.1 Å². The molecule has 0 unspecified atom stereocenters. The summed E-state index contributed by atoms with van der Waals surface area (Å²) >= 11 is 0. The molecule has 1 aromatic heterocycles. The molecule has 12 heavy (non-hydrogen) atoms. The number of carbonyl (C=O) groups is 1. The molecule has 1 aromatic rings. The number of H-pyrrole nitrogens is 1. The van der Waals surface area contributed by atoms with Gasteiger partial charge in [-0.05, 0) is 4.92 Å². The van der Waals surface area contributed by atoms with Crippen LogP contribution in [0.15, 0.2) is 6.07 Å². The molecule has 1 heterocycles. The molecular weight excluding hydrogens is 166 g/mol. The van der Waals surface area contributed by atoms with Crippen LogP contribution in [0.2, 0.25) is 0 Å². The molecule has 0 aliphatic rings. The largest absolute Gasteiger partial charge is 0.358 e. The molecule has 8 nitrogen and oxygen atoms in total. The molecule has 0 bridgehead atoms. The van der Waals surface area contributed by atoms with E-state index in [4.69, 9.17) is 5.84 Å². The van der Waals surface area contributed by atoms with Crippen LogP contribution in [0.1, 0.15) is 10.5 Å². The van der Waals surface area contributed by atoms with Gasteiger partial charge in [0.1, 0.15) is 0 Å². The Morgan fingerprint density at radius 2 is 2.50 bits per heavy atom. The topological polar surface area (TPSA) is 127 Å². The summed E-state index contributed by atoms with van der Waals surface area (Å²) in [5, 5.41) is 15.5. The SMILES string of the molecule is NNC(=O)c1cc([N+](=O)[O-])[nH]n1. The Balaban J connectivity index is 2.91. The smallest absolute Gasteiger partial charge is 0.343 e. The van der Waals surface area contributed by atoms with Crippen molar-refractivity contribution in [3.63, 3.8) is 0 Å². The highest BCUT2D eigenvalue weighted by Crippen LogP contribution is 2.06. The van der Waals surface area contributed by atoms with E-state index in [1.54, 1.807) is 5.43 Å². The number of nitrogen functional groups attached to an aromatic ring is 1. The summed E-state index contributed by atoms with van der Waals surface area (Å²) in [6.45, 7) is 0. The minimum Gasteiger partial charge on any atom is -0.358 e. The number of nitrogens with one attached hydrogen (secondary N) is 2. The van der Waals surface area contributed by atoms with Crippen molar-refractivity contribution in [2.75, 3.05) is 0 Å². The van der Waals surface area contributed by atoms with Crippen LogP contribution in [0.25, 0.3) is 0 Å². The van der Waals surface area contributed by atoms with Crippen LogP contribution >= 0.6 is 0 Å². The molecule has 0 atom stereocenters. The predicted molar refractivity (Wildman–Crippen MR) is 36.9 cm³/mol. The molecule has 1 amide bonds. The second kappa shape index (κ2) is 2.96. The van der Waals surface area contributed by atoms with Gasteiger partial charge in [0, 0.05) is 0 Å². The summed E-state index contributed by atoms with van der Waals surface area (Å²) in [6, 6.07) is 0.988. The Kier molecular flexibility index (Phi) is 2.01. The minimum atomic E-state index is -0.694. The number of nitrogens with two attached hydrogens (primary N) is 1. The quantitative estimate of drug-likeness (QED) is 0.226. The number of hydrogen-bond donors (Lipinski definition) is 3. The number of nitrogens with zero attached hydrogens (tertiary/aromatic N) is 2. The first kappa shape index (κ1) is 8.14. The van der Waals surface area contributed by atoms with Crippen molar-refractivity contribution >= 4 is 11.7 Å². The summed E-state index contributed by atoms with van der Waals surface area (Å²) in [7, 11) is 0. The molecule has 0 radical (unpaired) electrons. The van der Waals surface area contributed by atoms with E-state index in [0.717, 1.165) is 6.07 Å². The normalized spacial score (nSPS) is 9.42. The third-order valence-corrected chi connectivity index (χ3v) is 1.12. The lowest BCUT2D eigenvalue weighted by Gasteiger charge is -1.88. The standard InChI is InChI=1S/C4H5N5O3/c5-6-4(10)2-1-3(8-7-2)9(11)12/h1H,5H2,(H,6,10)(H,7,8). The molecule has 8 heteroatoms. The molecule has 0 spiro atoms. The number of hydrazine groups is 1. The number of aromatic amines is 1. The fourth-order valence-electron chi connectivity index (χ4n) is 0.595. The van der Waals surface area contributed by atoms with E-state index in [1.165, 1.54) is 0 Å². The average molecular weight is 171 g/mol. The van der Waals surface area contributed by atoms with E-state index in [2.05, 4.69) is 10.2 Å². The van der Waals surface area contributed by atoms with Crippen LogP contribution in [0.4, 0.5) is 5.82 Å². The molecule has 0 fully saturated rings. The van der Waals surface area contributed by atoms with Gasteiger partial charge >= 0.3 is 5.82 Å². The van der Waals surface area contributed by atoms with Gasteiger partial charge in [-0.15, -0.1) is 5.10 Å². The first-order valence-electron chi connectivity index (χ1n) is 2.86. The zero-order valence-electron chi connectivity index (χ0n) is 5.77. The van der Waals surface area contributed by atoms with Gasteiger partial charge in [0.25, 0.3) is 5.91 Å². The van der Waals surface area contributed by atoms with Crippen LogP contribution in [0.5, 0.6) is 0 Å². The molecule has 0 saturated heterocycles. The van der Waals surface area contributed by atoms with Gasteiger partial charge in [0.2, 0.25) is 0 Å². The molecular formula is C4H5N5O3. The molecule has 4 N–H and O–H groups in total. The maximum absolute atomic E-state index is 10.7. The van der Waals surface area contributed by atoms with E-state index in [1.807, 2.05) is 0 Å². The van der Waals surface area contributed by atoms with Crippen molar-refractivity contribution < 1.29 is 9.72 Å². The fraction of sp³-hybridized carbons (Fsp3) is 0. The summed E-state index contributed by atoms with van der Waals surface area (Å²) in [6.07, 6.45) is 0. The van der Waals surface area contributed by atoms with E-state index < -0.39 is 10.8 Å². The number of aromatic nitrogens is 2. The van der Waals surface area contributed by atoms with Crippen LogP contribution in [0, 0.1) is 10.1 Å². The maximum Gasteiger partial charge on any atom is 0.343 e. The molecule has 0 aliphatic heterocycles. The van der Waals surface area contributed by atoms with Gasteiger partial charge in [-0.1, -0.05) is 5.10 Å². The van der Waals surface area contributed by atoms with Crippen molar-refractivity contribution in [1.82, 2.24) is 15.6 Å². The lowest BCUT2D eigenvalue weighted by atomic mass is 10.4. The Bertz CT molecular complexity index is 318. The summed E-state index contributed by atoms with van der Waals surface area (Å²) in [4.78, 5) is 20.1. The molecule has 1 rings (SSSR count). The molecule has 0 aliphatic carbocycles. The zero-order valence-corrected chi connectivity index (χ0v) is 5.77. The summed E-state index contributed by atoms with van der Waals surface area (Å²) in [5.74, 6) is 3.73. The first-order chi connectivity index (χ1) is 5.65. The monoisotopic (exact) mass is 171 g/mol. The van der Waals surface area contributed by atoms with Crippen LogP contribution in [-0.2, 0) is 0 Å².